The van der Waals surface area contributed by atoms with Crippen LogP contribution in [0.1, 0.15) is 41.5 Å². The average molecular weight is 282 g/mol. The van der Waals surface area contributed by atoms with Crippen LogP contribution < -0.4 is 5.32 Å². The molecule has 1 amide bonds. The highest BCUT2D eigenvalue weighted by atomic mass is 32.2. The van der Waals surface area contributed by atoms with Crippen LogP contribution in [-0.4, -0.2) is 21.4 Å². The predicted molar refractivity (Wildman–Crippen MR) is 79.7 cm³/mol. The number of aromatic nitrogens is 1. The Balaban J connectivity index is 2.70. The molecule has 1 aromatic rings. The Hall–Kier alpha value is -1.23. The van der Waals surface area contributed by atoms with E-state index >= 15 is 0 Å². The van der Waals surface area contributed by atoms with Gasteiger partial charge in [-0.2, -0.15) is 0 Å². The fraction of sp³-hybridized carbons (Fsp3) is 0.571. The van der Waals surface area contributed by atoms with E-state index in [1.54, 1.807) is 24.0 Å². The van der Waals surface area contributed by atoms with Gasteiger partial charge in [0.1, 0.15) is 5.60 Å². The molecule has 106 valence electrons. The van der Waals surface area contributed by atoms with E-state index in [1.807, 2.05) is 26.8 Å². The Labute approximate surface area is 119 Å². The van der Waals surface area contributed by atoms with Gasteiger partial charge in [-0.1, -0.05) is 20.8 Å². The third-order valence-corrected chi connectivity index (χ3v) is 2.84. The summed E-state index contributed by atoms with van der Waals surface area (Å²) in [6, 6.07) is 3.59. The Bertz CT molecular complexity index is 447. The molecule has 0 radical (unpaired) electrons. The molecule has 1 rings (SSSR count). The topological polar surface area (TPSA) is 51.2 Å². The normalized spacial score (nSPS) is 12.1. The summed E-state index contributed by atoms with van der Waals surface area (Å²) in [7, 11) is 0. The van der Waals surface area contributed by atoms with Gasteiger partial charge in [-0.05, 0) is 32.9 Å². The molecule has 4 nitrogen and oxygen atoms in total. The maximum Gasteiger partial charge on any atom is 0.412 e. The van der Waals surface area contributed by atoms with Crippen LogP contribution in [-0.2, 0) is 4.74 Å². The monoisotopic (exact) mass is 282 g/mol. The SMILES string of the molecule is CC(C)(C)OC(=O)Nc1ccnc(SC(C)(C)C)c1. The zero-order chi connectivity index (χ0) is 14.7. The molecule has 0 atom stereocenters. The van der Waals surface area contributed by atoms with Gasteiger partial charge in [-0.3, -0.25) is 5.32 Å². The van der Waals surface area contributed by atoms with Crippen molar-refractivity contribution in [2.75, 3.05) is 5.32 Å². The molecule has 19 heavy (non-hydrogen) atoms. The van der Waals surface area contributed by atoms with Gasteiger partial charge in [-0.15, -0.1) is 11.8 Å². The molecule has 0 spiro atoms. The molecule has 0 aliphatic carbocycles. The summed E-state index contributed by atoms with van der Waals surface area (Å²) in [5.74, 6) is 0. The zero-order valence-corrected chi connectivity index (χ0v) is 13.2. The number of hydrogen-bond acceptors (Lipinski definition) is 4. The van der Waals surface area contributed by atoms with Crippen molar-refractivity contribution in [3.05, 3.63) is 18.3 Å². The predicted octanol–water partition coefficient (Wildman–Crippen LogP) is 4.32. The van der Waals surface area contributed by atoms with Gasteiger partial charge in [0.05, 0.1) is 5.03 Å². The molecule has 0 aliphatic heterocycles. The van der Waals surface area contributed by atoms with E-state index < -0.39 is 11.7 Å². The Morgan fingerprint density at radius 2 is 1.89 bits per heavy atom. The lowest BCUT2D eigenvalue weighted by molar-refractivity contribution is 0.0636. The highest BCUT2D eigenvalue weighted by Crippen LogP contribution is 2.31. The highest BCUT2D eigenvalue weighted by molar-refractivity contribution is 8.00. The van der Waals surface area contributed by atoms with Crippen molar-refractivity contribution in [3.63, 3.8) is 0 Å². The summed E-state index contributed by atoms with van der Waals surface area (Å²) < 4.78 is 5.29. The molecule has 0 fully saturated rings. The Morgan fingerprint density at radius 3 is 2.42 bits per heavy atom. The van der Waals surface area contributed by atoms with Gasteiger partial charge < -0.3 is 4.74 Å². The summed E-state index contributed by atoms with van der Waals surface area (Å²) >= 11 is 1.65. The molecule has 0 aliphatic rings. The third kappa shape index (κ3) is 7.06. The second kappa shape index (κ2) is 5.82. The van der Waals surface area contributed by atoms with Crippen molar-refractivity contribution in [3.8, 4) is 0 Å². The second-order valence-corrected chi connectivity index (χ2v) is 8.07. The summed E-state index contributed by atoms with van der Waals surface area (Å²) in [6.45, 7) is 11.9. The lowest BCUT2D eigenvalue weighted by Crippen LogP contribution is -2.27. The minimum atomic E-state index is -0.500. The first kappa shape index (κ1) is 15.8. The van der Waals surface area contributed by atoms with Crippen LogP contribution in [0.4, 0.5) is 10.5 Å². The highest BCUT2D eigenvalue weighted by Gasteiger charge is 2.17. The smallest absolute Gasteiger partial charge is 0.412 e. The number of thioether (sulfide) groups is 1. The minimum Gasteiger partial charge on any atom is -0.444 e. The number of carbonyl (C=O) groups is 1. The van der Waals surface area contributed by atoms with Crippen LogP contribution in [0, 0.1) is 0 Å². The fourth-order valence-corrected chi connectivity index (χ4v) is 2.21. The van der Waals surface area contributed by atoms with Gasteiger partial charge in [0.15, 0.2) is 0 Å². The third-order valence-electron chi connectivity index (χ3n) is 1.79. The first-order valence-electron chi connectivity index (χ1n) is 6.20. The maximum absolute atomic E-state index is 11.7. The number of amides is 1. The van der Waals surface area contributed by atoms with Gasteiger partial charge in [0, 0.05) is 16.6 Å². The van der Waals surface area contributed by atoms with Crippen LogP contribution in [0.2, 0.25) is 0 Å². The van der Waals surface area contributed by atoms with Crippen LogP contribution in [0.5, 0.6) is 0 Å². The number of rotatable bonds is 2. The molecule has 0 aromatic carbocycles. The van der Waals surface area contributed by atoms with Crippen LogP contribution in [0.15, 0.2) is 23.4 Å². The molecular weight excluding hydrogens is 260 g/mol. The van der Waals surface area contributed by atoms with Crippen LogP contribution in [0.3, 0.4) is 0 Å². The van der Waals surface area contributed by atoms with Crippen molar-refractivity contribution < 1.29 is 9.53 Å². The maximum atomic E-state index is 11.7. The number of nitrogens with zero attached hydrogens (tertiary/aromatic N) is 1. The Kier molecular flexibility index (Phi) is 4.85. The molecule has 0 bridgehead atoms. The van der Waals surface area contributed by atoms with E-state index in [-0.39, 0.29) is 4.75 Å². The van der Waals surface area contributed by atoms with Crippen molar-refractivity contribution in [2.45, 2.75) is 56.9 Å². The summed E-state index contributed by atoms with van der Waals surface area (Å²) in [6.07, 6.45) is 1.23. The molecule has 0 saturated heterocycles. The zero-order valence-electron chi connectivity index (χ0n) is 12.4. The standard InChI is InChI=1S/C14H22N2O2S/c1-13(2,3)18-12(17)16-10-7-8-15-11(9-10)19-14(4,5)6/h7-9H,1-6H3,(H,15,16,17). The summed E-state index contributed by atoms with van der Waals surface area (Å²) in [4.78, 5) is 15.9. The lowest BCUT2D eigenvalue weighted by Gasteiger charge is -2.20. The quantitative estimate of drug-likeness (QED) is 0.821. The van der Waals surface area contributed by atoms with Gasteiger partial charge in [-0.25, -0.2) is 9.78 Å². The number of hydrogen-bond donors (Lipinski definition) is 1. The van der Waals surface area contributed by atoms with E-state index in [9.17, 15) is 4.79 Å². The summed E-state index contributed by atoms with van der Waals surface area (Å²) in [5, 5.41) is 3.59. The molecule has 1 N–H and O–H groups in total. The van der Waals surface area contributed by atoms with E-state index in [2.05, 4.69) is 31.1 Å². The van der Waals surface area contributed by atoms with Crippen molar-refractivity contribution in [1.82, 2.24) is 4.98 Å². The molecular formula is C14H22N2O2S. The van der Waals surface area contributed by atoms with E-state index in [1.165, 1.54) is 0 Å². The van der Waals surface area contributed by atoms with Crippen molar-refractivity contribution >= 4 is 23.5 Å². The average Bonchev–Trinajstić information content (AvgIpc) is 2.11. The first-order valence-corrected chi connectivity index (χ1v) is 7.02. The van der Waals surface area contributed by atoms with Crippen molar-refractivity contribution in [1.29, 1.82) is 0 Å². The largest absolute Gasteiger partial charge is 0.444 e. The van der Waals surface area contributed by atoms with Crippen molar-refractivity contribution in [2.24, 2.45) is 0 Å². The first-order chi connectivity index (χ1) is 8.55. The van der Waals surface area contributed by atoms with E-state index in [0.29, 0.717) is 5.69 Å². The number of ether oxygens (including phenoxy) is 1. The number of nitrogens with one attached hydrogen (secondary N) is 1. The minimum absolute atomic E-state index is 0.0809. The van der Waals surface area contributed by atoms with Crippen LogP contribution >= 0.6 is 11.8 Å². The van der Waals surface area contributed by atoms with Crippen LogP contribution in [0.25, 0.3) is 0 Å². The molecule has 1 aromatic heterocycles. The lowest BCUT2D eigenvalue weighted by atomic mass is 10.2. The Morgan fingerprint density at radius 1 is 1.26 bits per heavy atom. The number of carbonyl (C=O) groups excluding carboxylic acids is 1. The number of pyridine rings is 1. The molecule has 5 heteroatoms. The van der Waals surface area contributed by atoms with E-state index in [4.69, 9.17) is 4.74 Å². The number of anilines is 1. The van der Waals surface area contributed by atoms with Gasteiger partial charge >= 0.3 is 6.09 Å². The van der Waals surface area contributed by atoms with Gasteiger partial charge in [0.25, 0.3) is 0 Å². The van der Waals surface area contributed by atoms with Gasteiger partial charge in [0.2, 0.25) is 0 Å². The fourth-order valence-electron chi connectivity index (χ4n) is 1.28. The second-order valence-electron chi connectivity index (χ2n) is 6.22. The summed E-state index contributed by atoms with van der Waals surface area (Å²) in [5.41, 5.74) is 0.191. The molecule has 1 heterocycles. The van der Waals surface area contributed by atoms with E-state index in [0.717, 1.165) is 5.03 Å². The molecule has 0 saturated carbocycles. The molecule has 0 unspecified atom stereocenters.